The zero-order valence-electron chi connectivity index (χ0n) is 33.2. The number of fused-ring (bicyclic) bond motifs is 1. The van der Waals surface area contributed by atoms with Crippen molar-refractivity contribution < 1.29 is 61.5 Å². The Balaban J connectivity index is 1.75. The van der Waals surface area contributed by atoms with Gasteiger partial charge in [-0.3, -0.25) is 24.0 Å². The highest BCUT2D eigenvalue weighted by atomic mass is 19.3. The van der Waals surface area contributed by atoms with Crippen LogP contribution in [0.1, 0.15) is 142 Å². The van der Waals surface area contributed by atoms with Crippen LogP contribution >= 0.6 is 0 Å². The third-order valence-corrected chi connectivity index (χ3v) is 10.1. The number of hydrogen-bond acceptors (Lipinski definition) is 11. The minimum absolute atomic E-state index is 0.0139. The third-order valence-electron chi connectivity index (χ3n) is 10.1. The summed E-state index contributed by atoms with van der Waals surface area (Å²) in [7, 11) is 0. The molecule has 0 aromatic heterocycles. The van der Waals surface area contributed by atoms with Gasteiger partial charge in [-0.25, -0.2) is 8.78 Å². The number of alkyl halides is 2. The maximum Gasteiger partial charge on any atom is 0.308 e. The molecule has 0 saturated heterocycles. The van der Waals surface area contributed by atoms with Crippen molar-refractivity contribution in [1.29, 1.82) is 0 Å². The van der Waals surface area contributed by atoms with Crippen LogP contribution in [0.15, 0.2) is 24.3 Å². The van der Waals surface area contributed by atoms with Crippen LogP contribution in [0.5, 0.6) is 0 Å². The van der Waals surface area contributed by atoms with E-state index in [-0.39, 0.29) is 50.5 Å². The van der Waals surface area contributed by atoms with Crippen LogP contribution in [0.2, 0.25) is 0 Å². The summed E-state index contributed by atoms with van der Waals surface area (Å²) in [6.07, 6.45) is 20.3. The highest BCUT2D eigenvalue weighted by Gasteiger charge is 2.72. The molecule has 2 fully saturated rings. The Morgan fingerprint density at radius 2 is 0.964 bits per heavy atom. The second-order valence-corrected chi connectivity index (χ2v) is 15.0. The minimum atomic E-state index is -2.75. The molecule has 55 heavy (non-hydrogen) atoms. The quantitative estimate of drug-likeness (QED) is 0.0305. The number of ether oxygens (including phenoxy) is 5. The number of carbonyl (C=O) groups is 5. The van der Waals surface area contributed by atoms with E-state index in [0.29, 0.717) is 51.7 Å². The number of halogens is 2. The molecule has 2 aliphatic rings. The summed E-state index contributed by atoms with van der Waals surface area (Å²) in [5.74, 6) is -7.74. The van der Waals surface area contributed by atoms with Gasteiger partial charge in [-0.1, -0.05) is 63.8 Å². The molecule has 1 N–H and O–H groups in total. The zero-order valence-corrected chi connectivity index (χ0v) is 33.2. The largest absolute Gasteiger partial charge is 0.465 e. The lowest BCUT2D eigenvalue weighted by molar-refractivity contribution is -0.168. The molecule has 2 saturated carbocycles. The first kappa shape index (κ1) is 47.8. The second-order valence-electron chi connectivity index (χ2n) is 15.0. The maximum atomic E-state index is 13.7. The number of carbonyl (C=O) groups excluding carboxylic acids is 5. The molecule has 314 valence electrons. The van der Waals surface area contributed by atoms with Crippen molar-refractivity contribution in [3.63, 3.8) is 0 Å². The van der Waals surface area contributed by atoms with Gasteiger partial charge >= 0.3 is 29.8 Å². The fourth-order valence-electron chi connectivity index (χ4n) is 6.42. The second kappa shape index (κ2) is 27.3. The summed E-state index contributed by atoms with van der Waals surface area (Å²) in [4.78, 5) is 62.0. The van der Waals surface area contributed by atoms with Gasteiger partial charge in [0.25, 0.3) is 5.92 Å². The highest BCUT2D eigenvalue weighted by Crippen LogP contribution is 2.65. The van der Waals surface area contributed by atoms with Crippen LogP contribution in [0, 0.1) is 23.2 Å². The van der Waals surface area contributed by atoms with E-state index in [1.54, 1.807) is 0 Å². The van der Waals surface area contributed by atoms with Gasteiger partial charge in [0, 0.05) is 37.5 Å². The van der Waals surface area contributed by atoms with Gasteiger partial charge in [-0.05, 0) is 77.0 Å². The normalized spacial score (nSPS) is 18.6. The number of esters is 5. The molecule has 0 heterocycles. The van der Waals surface area contributed by atoms with Crippen LogP contribution in [-0.4, -0.2) is 80.5 Å². The number of aliphatic hydroxyl groups excluding tert-OH is 1. The Labute approximate surface area is 326 Å². The van der Waals surface area contributed by atoms with E-state index in [1.807, 2.05) is 12.2 Å². The third kappa shape index (κ3) is 19.9. The van der Waals surface area contributed by atoms with E-state index in [0.717, 1.165) is 25.7 Å². The molecule has 2 aliphatic carbocycles. The number of aliphatic hydroxyl groups is 1. The topological polar surface area (TPSA) is 152 Å². The van der Waals surface area contributed by atoms with Crippen LogP contribution < -0.4 is 0 Å². The number of unbranched alkanes of at least 4 members (excludes halogenated alkanes) is 8. The fraction of sp³-hybridized carbons (Fsp3) is 0.786. The Hall–Kier alpha value is -3.35. The molecule has 0 spiro atoms. The van der Waals surface area contributed by atoms with E-state index in [2.05, 4.69) is 26.0 Å². The zero-order chi connectivity index (χ0) is 40.4. The van der Waals surface area contributed by atoms with E-state index < -0.39 is 73.4 Å². The Morgan fingerprint density at radius 1 is 0.582 bits per heavy atom. The van der Waals surface area contributed by atoms with E-state index in [9.17, 15) is 37.9 Å². The van der Waals surface area contributed by atoms with Gasteiger partial charge in [0.1, 0.15) is 19.8 Å². The first-order chi connectivity index (χ1) is 26.5. The smallest absolute Gasteiger partial charge is 0.308 e. The lowest BCUT2D eigenvalue weighted by Gasteiger charge is -2.30. The first-order valence-electron chi connectivity index (χ1n) is 20.6. The number of rotatable bonds is 32. The van der Waals surface area contributed by atoms with Gasteiger partial charge in [0.05, 0.1) is 31.2 Å². The Morgan fingerprint density at radius 3 is 1.36 bits per heavy atom. The molecule has 2 unspecified atom stereocenters. The lowest BCUT2D eigenvalue weighted by atomic mass is 9.92. The molecular weight excluding hydrogens is 718 g/mol. The van der Waals surface area contributed by atoms with Crippen LogP contribution in [0.25, 0.3) is 0 Å². The minimum Gasteiger partial charge on any atom is -0.465 e. The Kier molecular flexibility index (Phi) is 23.7. The average Bonchev–Trinajstić information content (AvgIpc) is 3.45. The lowest BCUT2D eigenvalue weighted by Crippen LogP contribution is -2.43. The summed E-state index contributed by atoms with van der Waals surface area (Å²) in [5, 5.41) is 10.4. The molecule has 0 amide bonds. The molecule has 11 nitrogen and oxygen atoms in total. The van der Waals surface area contributed by atoms with Crippen molar-refractivity contribution in [3.05, 3.63) is 24.3 Å². The van der Waals surface area contributed by atoms with E-state index in [1.165, 1.54) is 25.7 Å². The molecule has 0 aliphatic heterocycles. The summed E-state index contributed by atoms with van der Waals surface area (Å²) in [5.41, 5.74) is -1.49. The number of hydrogen-bond donors (Lipinski definition) is 1. The first-order valence-corrected chi connectivity index (χ1v) is 20.6. The predicted octanol–water partition coefficient (Wildman–Crippen LogP) is 8.15. The SMILES string of the molecule is CCCCC/C=C\CCOC(=O)CCCCC(=O)OCC(CO)(COC(=O)CCCCC(=O)OCC/C=C\CCCCC)COC(=O)C1CC2C(C1)C2(F)F. The van der Waals surface area contributed by atoms with E-state index in [4.69, 9.17) is 23.7 Å². The summed E-state index contributed by atoms with van der Waals surface area (Å²) >= 11 is 0. The summed E-state index contributed by atoms with van der Waals surface area (Å²) < 4.78 is 54.0. The molecule has 13 heteroatoms. The van der Waals surface area contributed by atoms with Gasteiger partial charge in [-0.2, -0.15) is 0 Å². The number of allylic oxidation sites excluding steroid dienone is 2. The average molecular weight is 785 g/mol. The summed E-state index contributed by atoms with van der Waals surface area (Å²) in [6, 6.07) is 0. The summed E-state index contributed by atoms with van der Waals surface area (Å²) in [6.45, 7) is 2.87. The molecular formula is C42H66F2O11. The van der Waals surface area contributed by atoms with Crippen molar-refractivity contribution in [2.24, 2.45) is 23.2 Å². The van der Waals surface area contributed by atoms with Crippen LogP contribution in [-0.2, 0) is 47.7 Å². The molecule has 2 atom stereocenters. The van der Waals surface area contributed by atoms with Gasteiger partial charge in [-0.15, -0.1) is 0 Å². The van der Waals surface area contributed by atoms with Gasteiger partial charge < -0.3 is 28.8 Å². The molecule has 0 aromatic carbocycles. The van der Waals surface area contributed by atoms with Crippen molar-refractivity contribution in [3.8, 4) is 0 Å². The van der Waals surface area contributed by atoms with Gasteiger partial charge in [0.15, 0.2) is 0 Å². The van der Waals surface area contributed by atoms with Crippen molar-refractivity contribution >= 4 is 29.8 Å². The Bertz CT molecular complexity index is 1140. The highest BCUT2D eigenvalue weighted by molar-refractivity contribution is 5.74. The standard InChI is InChI=1S/C42H66F2O11/c1-3-5-7-9-11-13-19-25-51-36(46)21-15-17-23-38(48)53-30-41(29-45,32-55-40(50)33-27-34-35(28-33)42(34,43)44)31-54-39(49)24-18-16-22-37(47)52-26-20-14-12-10-8-6-4-2/h11-14,33-35,45H,3-10,15-32H2,1-2H3/b13-11-,14-12-. The van der Waals surface area contributed by atoms with Crippen LogP contribution in [0.4, 0.5) is 8.78 Å². The van der Waals surface area contributed by atoms with Crippen molar-refractivity contribution in [2.75, 3.05) is 39.6 Å². The maximum absolute atomic E-state index is 13.7. The van der Waals surface area contributed by atoms with Crippen molar-refractivity contribution in [1.82, 2.24) is 0 Å². The molecule has 0 aromatic rings. The predicted molar refractivity (Wildman–Crippen MR) is 202 cm³/mol. The molecule has 0 radical (unpaired) electrons. The van der Waals surface area contributed by atoms with Crippen molar-refractivity contribution in [2.45, 2.75) is 148 Å². The molecule has 2 rings (SSSR count). The monoisotopic (exact) mass is 784 g/mol. The van der Waals surface area contributed by atoms with E-state index >= 15 is 0 Å². The van der Waals surface area contributed by atoms with Gasteiger partial charge in [0.2, 0.25) is 0 Å². The fourth-order valence-corrected chi connectivity index (χ4v) is 6.42. The van der Waals surface area contributed by atoms with Crippen LogP contribution in [0.3, 0.4) is 0 Å². The molecule has 0 bridgehead atoms.